The van der Waals surface area contributed by atoms with Gasteiger partial charge in [-0.3, -0.25) is 9.59 Å². The van der Waals surface area contributed by atoms with E-state index in [1.165, 1.54) is 22.2 Å². The second-order valence-corrected chi connectivity index (χ2v) is 6.23. The predicted octanol–water partition coefficient (Wildman–Crippen LogP) is 3.16. The highest BCUT2D eigenvalue weighted by molar-refractivity contribution is 6.30. The maximum Gasteiger partial charge on any atom is 0.249 e. The smallest absolute Gasteiger partial charge is 0.249 e. The number of nitrogens with zero attached hydrogens (tertiary/aromatic N) is 4. The van der Waals surface area contributed by atoms with Crippen molar-refractivity contribution in [2.75, 3.05) is 11.4 Å². The first kappa shape index (κ1) is 17.8. The van der Waals surface area contributed by atoms with Crippen LogP contribution >= 0.6 is 11.6 Å². The zero-order chi connectivity index (χ0) is 18.5. The highest BCUT2D eigenvalue weighted by Crippen LogP contribution is 2.21. The molecule has 132 valence electrons. The quantitative estimate of drug-likeness (QED) is 0.627. The average Bonchev–Trinajstić information content (AvgIpc) is 3.13. The molecule has 26 heavy (non-hydrogen) atoms. The van der Waals surface area contributed by atoms with Gasteiger partial charge in [0.2, 0.25) is 5.91 Å². The van der Waals surface area contributed by atoms with Crippen molar-refractivity contribution in [3.63, 3.8) is 0 Å². The number of hydrogen-bond acceptors (Lipinski definition) is 4. The first-order chi connectivity index (χ1) is 12.5. The third-order valence-corrected chi connectivity index (χ3v) is 4.19. The average molecular weight is 369 g/mol. The van der Waals surface area contributed by atoms with Gasteiger partial charge in [0.1, 0.15) is 19.2 Å². The van der Waals surface area contributed by atoms with E-state index in [4.69, 9.17) is 11.6 Å². The number of ketones is 1. The van der Waals surface area contributed by atoms with Crippen LogP contribution in [0.4, 0.5) is 5.69 Å². The fraction of sp³-hybridized carbons (Fsp3) is 0.158. The number of hydrogen-bond donors (Lipinski definition) is 0. The van der Waals surface area contributed by atoms with E-state index in [1.807, 2.05) is 31.2 Å². The molecule has 1 aromatic heterocycles. The van der Waals surface area contributed by atoms with Crippen molar-refractivity contribution in [1.82, 2.24) is 14.8 Å². The summed E-state index contributed by atoms with van der Waals surface area (Å²) in [7, 11) is 0. The maximum absolute atomic E-state index is 12.8. The minimum absolute atomic E-state index is 0.00221. The summed E-state index contributed by atoms with van der Waals surface area (Å²) in [6.45, 7) is 1.83. The van der Waals surface area contributed by atoms with E-state index < -0.39 is 0 Å². The molecule has 7 heteroatoms. The number of anilines is 1. The van der Waals surface area contributed by atoms with Crippen LogP contribution in [-0.2, 0) is 11.3 Å². The Balaban J connectivity index is 1.87. The van der Waals surface area contributed by atoms with Crippen LogP contribution in [0.25, 0.3) is 0 Å². The molecule has 0 radical (unpaired) electrons. The molecule has 0 unspecified atom stereocenters. The second kappa shape index (κ2) is 7.93. The predicted molar refractivity (Wildman–Crippen MR) is 99.3 cm³/mol. The van der Waals surface area contributed by atoms with Crippen LogP contribution in [-0.4, -0.2) is 33.0 Å². The number of carbonyl (C=O) groups is 2. The maximum atomic E-state index is 12.8. The number of para-hydroxylation sites is 1. The van der Waals surface area contributed by atoms with Gasteiger partial charge in [-0.05, 0) is 42.8 Å². The summed E-state index contributed by atoms with van der Waals surface area (Å²) in [5.74, 6) is -0.413. The van der Waals surface area contributed by atoms with Gasteiger partial charge < -0.3 is 4.90 Å². The summed E-state index contributed by atoms with van der Waals surface area (Å²) in [4.78, 5) is 30.9. The Labute approximate surface area is 156 Å². The third-order valence-electron chi connectivity index (χ3n) is 3.94. The monoisotopic (exact) mass is 368 g/mol. The Morgan fingerprint density at radius 3 is 2.50 bits per heavy atom. The SMILES string of the molecule is Cc1ccccc1N(CC(=O)c1ccc(Cl)cc1)C(=O)Cn1cncn1. The van der Waals surface area contributed by atoms with E-state index in [9.17, 15) is 9.59 Å². The Bertz CT molecular complexity index is 908. The molecular weight excluding hydrogens is 352 g/mol. The minimum Gasteiger partial charge on any atom is -0.303 e. The number of rotatable bonds is 6. The number of Topliss-reactive ketones (excluding diaryl/α,β-unsaturated/α-hetero) is 1. The van der Waals surface area contributed by atoms with Gasteiger partial charge in [-0.25, -0.2) is 9.67 Å². The fourth-order valence-electron chi connectivity index (χ4n) is 2.58. The molecular formula is C19H17ClN4O2. The standard InChI is InChI=1S/C19H17ClN4O2/c1-14-4-2-3-5-17(14)24(19(26)11-23-13-21-12-22-23)10-18(25)15-6-8-16(20)9-7-15/h2-9,12-13H,10-11H2,1H3. The van der Waals surface area contributed by atoms with Crippen LogP contribution in [0.1, 0.15) is 15.9 Å². The molecule has 3 rings (SSSR count). The first-order valence-electron chi connectivity index (χ1n) is 8.02. The van der Waals surface area contributed by atoms with Gasteiger partial charge in [-0.2, -0.15) is 5.10 Å². The van der Waals surface area contributed by atoms with E-state index in [1.54, 1.807) is 24.3 Å². The van der Waals surface area contributed by atoms with Crippen molar-refractivity contribution in [2.45, 2.75) is 13.5 Å². The zero-order valence-corrected chi connectivity index (χ0v) is 14.9. The van der Waals surface area contributed by atoms with Gasteiger partial charge in [-0.15, -0.1) is 0 Å². The van der Waals surface area contributed by atoms with E-state index in [0.717, 1.165) is 5.56 Å². The van der Waals surface area contributed by atoms with E-state index in [0.29, 0.717) is 16.3 Å². The van der Waals surface area contributed by atoms with Crippen molar-refractivity contribution >= 4 is 29.0 Å². The lowest BCUT2D eigenvalue weighted by Gasteiger charge is -2.24. The summed E-state index contributed by atoms with van der Waals surface area (Å²) in [5, 5.41) is 4.52. The molecule has 0 atom stereocenters. The fourth-order valence-corrected chi connectivity index (χ4v) is 2.71. The van der Waals surface area contributed by atoms with Crippen LogP contribution < -0.4 is 4.90 Å². The van der Waals surface area contributed by atoms with Crippen LogP contribution in [0, 0.1) is 6.92 Å². The van der Waals surface area contributed by atoms with Gasteiger partial charge in [0.15, 0.2) is 5.78 Å². The van der Waals surface area contributed by atoms with E-state index in [2.05, 4.69) is 10.1 Å². The molecule has 0 aliphatic heterocycles. The number of aryl methyl sites for hydroxylation is 1. The molecule has 1 heterocycles. The third kappa shape index (κ3) is 4.15. The topological polar surface area (TPSA) is 68.1 Å². The van der Waals surface area contributed by atoms with Gasteiger partial charge in [0.05, 0.1) is 6.54 Å². The molecule has 0 saturated carbocycles. The van der Waals surface area contributed by atoms with Crippen molar-refractivity contribution in [2.24, 2.45) is 0 Å². The molecule has 1 amide bonds. The number of amides is 1. The molecule has 0 aliphatic carbocycles. The van der Waals surface area contributed by atoms with Crippen molar-refractivity contribution in [3.8, 4) is 0 Å². The van der Waals surface area contributed by atoms with Crippen LogP contribution in [0.3, 0.4) is 0 Å². The molecule has 0 bridgehead atoms. The summed E-state index contributed by atoms with van der Waals surface area (Å²) in [5.41, 5.74) is 2.10. The molecule has 3 aromatic rings. The number of benzene rings is 2. The molecule has 0 spiro atoms. The van der Waals surface area contributed by atoms with Crippen LogP contribution in [0.15, 0.2) is 61.2 Å². The van der Waals surface area contributed by atoms with Gasteiger partial charge in [0.25, 0.3) is 0 Å². The Morgan fingerprint density at radius 1 is 1.12 bits per heavy atom. The molecule has 0 aliphatic rings. The Hall–Kier alpha value is -2.99. The zero-order valence-electron chi connectivity index (χ0n) is 14.2. The highest BCUT2D eigenvalue weighted by atomic mass is 35.5. The number of aromatic nitrogens is 3. The highest BCUT2D eigenvalue weighted by Gasteiger charge is 2.22. The van der Waals surface area contributed by atoms with E-state index in [-0.39, 0.29) is 24.8 Å². The van der Waals surface area contributed by atoms with Crippen molar-refractivity contribution in [3.05, 3.63) is 77.3 Å². The normalized spacial score (nSPS) is 10.5. The van der Waals surface area contributed by atoms with Crippen LogP contribution in [0.5, 0.6) is 0 Å². The van der Waals surface area contributed by atoms with Crippen molar-refractivity contribution < 1.29 is 9.59 Å². The van der Waals surface area contributed by atoms with Crippen molar-refractivity contribution in [1.29, 1.82) is 0 Å². The largest absolute Gasteiger partial charge is 0.303 e. The summed E-state index contributed by atoms with van der Waals surface area (Å²) < 4.78 is 1.43. The van der Waals surface area contributed by atoms with E-state index >= 15 is 0 Å². The molecule has 0 fully saturated rings. The summed E-state index contributed by atoms with van der Waals surface area (Å²) >= 11 is 5.88. The number of halogens is 1. The molecule has 2 aromatic carbocycles. The lowest BCUT2D eigenvalue weighted by atomic mass is 10.1. The molecule has 0 saturated heterocycles. The number of carbonyl (C=O) groups excluding carboxylic acids is 2. The summed E-state index contributed by atoms with van der Waals surface area (Å²) in [6, 6.07) is 14.1. The first-order valence-corrected chi connectivity index (χ1v) is 8.39. The Kier molecular flexibility index (Phi) is 5.43. The molecule has 6 nitrogen and oxygen atoms in total. The second-order valence-electron chi connectivity index (χ2n) is 5.79. The lowest BCUT2D eigenvalue weighted by molar-refractivity contribution is -0.119. The summed E-state index contributed by atoms with van der Waals surface area (Å²) in [6.07, 6.45) is 2.83. The Morgan fingerprint density at radius 2 is 1.85 bits per heavy atom. The molecule has 0 N–H and O–H groups in total. The van der Waals surface area contributed by atoms with Gasteiger partial charge in [-0.1, -0.05) is 29.8 Å². The minimum atomic E-state index is -0.243. The van der Waals surface area contributed by atoms with Crippen LogP contribution in [0.2, 0.25) is 5.02 Å². The van der Waals surface area contributed by atoms with Gasteiger partial charge >= 0.3 is 0 Å². The lowest BCUT2D eigenvalue weighted by Crippen LogP contribution is -2.38. The van der Waals surface area contributed by atoms with Gasteiger partial charge in [0, 0.05) is 16.3 Å².